The number of imide groups is 1. The van der Waals surface area contributed by atoms with Gasteiger partial charge < -0.3 is 9.80 Å². The van der Waals surface area contributed by atoms with E-state index in [1.807, 2.05) is 18.7 Å². The number of urea groups is 1. The van der Waals surface area contributed by atoms with E-state index in [1.54, 1.807) is 18.8 Å². The van der Waals surface area contributed by atoms with Crippen molar-refractivity contribution < 1.29 is 9.59 Å². The topological polar surface area (TPSA) is 65.0 Å². The standard InChI is InChI=1S/C12H18N4O2S/c1-5-19-12-13-9-8(16(12)6-7(2)3)10(17)14-11(18)15(9)4/h8-9H,2,5-6H2,1,3-4H3,(H,14,17,18). The molecule has 0 aromatic rings. The molecule has 0 radical (unpaired) electrons. The minimum atomic E-state index is -0.451. The maximum absolute atomic E-state index is 12.1. The molecule has 104 valence electrons. The van der Waals surface area contributed by atoms with Crippen LogP contribution >= 0.6 is 11.8 Å². The Morgan fingerprint density at radius 1 is 1.53 bits per heavy atom. The third-order valence-corrected chi connectivity index (χ3v) is 3.92. The first-order valence-corrected chi connectivity index (χ1v) is 7.13. The summed E-state index contributed by atoms with van der Waals surface area (Å²) in [5, 5.41) is 3.16. The number of carbonyl (C=O) groups is 2. The molecule has 1 N–H and O–H groups in total. The largest absolute Gasteiger partial charge is 0.332 e. The van der Waals surface area contributed by atoms with Gasteiger partial charge >= 0.3 is 6.03 Å². The highest BCUT2D eigenvalue weighted by Gasteiger charge is 2.48. The van der Waals surface area contributed by atoms with E-state index in [-0.39, 0.29) is 5.91 Å². The number of amides is 3. The molecule has 2 unspecified atom stereocenters. The quantitative estimate of drug-likeness (QED) is 0.780. The van der Waals surface area contributed by atoms with Crippen molar-refractivity contribution in [3.63, 3.8) is 0 Å². The summed E-state index contributed by atoms with van der Waals surface area (Å²) in [4.78, 5) is 31.6. The number of likely N-dealkylation sites (N-methyl/N-ethyl adjacent to an activating group) is 1. The van der Waals surface area contributed by atoms with E-state index < -0.39 is 18.2 Å². The monoisotopic (exact) mass is 282 g/mol. The van der Waals surface area contributed by atoms with E-state index >= 15 is 0 Å². The van der Waals surface area contributed by atoms with E-state index in [4.69, 9.17) is 0 Å². The average Bonchev–Trinajstić information content (AvgIpc) is 2.66. The molecule has 2 aliphatic heterocycles. The van der Waals surface area contributed by atoms with Crippen molar-refractivity contribution in [2.75, 3.05) is 19.3 Å². The zero-order valence-corrected chi connectivity index (χ0v) is 12.2. The summed E-state index contributed by atoms with van der Waals surface area (Å²) in [6.07, 6.45) is -0.436. The lowest BCUT2D eigenvalue weighted by Gasteiger charge is -2.36. The second-order valence-corrected chi connectivity index (χ2v) is 5.92. The van der Waals surface area contributed by atoms with Gasteiger partial charge in [-0.1, -0.05) is 30.8 Å². The molecule has 2 aliphatic rings. The Hall–Kier alpha value is -1.50. The first kappa shape index (κ1) is 13.9. The van der Waals surface area contributed by atoms with Gasteiger partial charge in [-0.2, -0.15) is 0 Å². The molecule has 2 atom stereocenters. The van der Waals surface area contributed by atoms with Crippen molar-refractivity contribution in [1.29, 1.82) is 0 Å². The van der Waals surface area contributed by atoms with Gasteiger partial charge in [0.2, 0.25) is 0 Å². The van der Waals surface area contributed by atoms with Crippen LogP contribution in [0.25, 0.3) is 0 Å². The fraction of sp³-hybridized carbons (Fsp3) is 0.583. The molecule has 7 heteroatoms. The summed E-state index contributed by atoms with van der Waals surface area (Å²) in [5.41, 5.74) is 0.956. The van der Waals surface area contributed by atoms with Crippen molar-refractivity contribution in [3.05, 3.63) is 12.2 Å². The molecule has 3 amide bonds. The number of carbonyl (C=O) groups excluding carboxylic acids is 2. The van der Waals surface area contributed by atoms with Crippen LogP contribution in [0.15, 0.2) is 17.1 Å². The van der Waals surface area contributed by atoms with E-state index in [0.29, 0.717) is 6.54 Å². The predicted octanol–water partition coefficient (Wildman–Crippen LogP) is 0.864. The Bertz CT molecular complexity index is 463. The van der Waals surface area contributed by atoms with Crippen LogP contribution < -0.4 is 5.32 Å². The lowest BCUT2D eigenvalue weighted by Crippen LogP contribution is -2.63. The summed E-state index contributed by atoms with van der Waals surface area (Å²) in [6, 6.07) is -0.846. The number of rotatable bonds is 3. The first-order valence-electron chi connectivity index (χ1n) is 6.15. The Morgan fingerprint density at radius 3 is 2.79 bits per heavy atom. The van der Waals surface area contributed by atoms with Gasteiger partial charge in [-0.3, -0.25) is 10.1 Å². The van der Waals surface area contributed by atoms with Crippen LogP contribution in [0.5, 0.6) is 0 Å². The van der Waals surface area contributed by atoms with Gasteiger partial charge in [0.1, 0.15) is 0 Å². The highest BCUT2D eigenvalue weighted by Crippen LogP contribution is 2.28. The van der Waals surface area contributed by atoms with Gasteiger partial charge in [0, 0.05) is 13.6 Å². The smallest absolute Gasteiger partial charge is 0.325 e. The molecule has 1 saturated heterocycles. The molecule has 19 heavy (non-hydrogen) atoms. The van der Waals surface area contributed by atoms with Gasteiger partial charge in [0.05, 0.1) is 0 Å². The number of nitrogens with one attached hydrogen (secondary N) is 1. The molecule has 6 nitrogen and oxygen atoms in total. The Labute approximate surface area is 116 Å². The lowest BCUT2D eigenvalue weighted by atomic mass is 10.1. The lowest BCUT2D eigenvalue weighted by molar-refractivity contribution is -0.126. The van der Waals surface area contributed by atoms with E-state index in [1.165, 1.54) is 4.90 Å². The van der Waals surface area contributed by atoms with Gasteiger partial charge in [0.15, 0.2) is 17.4 Å². The van der Waals surface area contributed by atoms with Crippen molar-refractivity contribution in [2.45, 2.75) is 26.1 Å². The van der Waals surface area contributed by atoms with E-state index in [9.17, 15) is 9.59 Å². The van der Waals surface area contributed by atoms with Gasteiger partial charge in [-0.05, 0) is 12.7 Å². The average molecular weight is 282 g/mol. The van der Waals surface area contributed by atoms with Gasteiger partial charge in [0.25, 0.3) is 5.91 Å². The normalized spacial score (nSPS) is 26.2. The molecule has 2 heterocycles. The van der Waals surface area contributed by atoms with Crippen molar-refractivity contribution >= 4 is 28.9 Å². The van der Waals surface area contributed by atoms with E-state index in [2.05, 4.69) is 16.9 Å². The minimum absolute atomic E-state index is 0.287. The number of amidine groups is 1. The molecule has 0 bridgehead atoms. The zero-order chi connectivity index (χ0) is 14.2. The Morgan fingerprint density at radius 2 is 2.21 bits per heavy atom. The summed E-state index contributed by atoms with van der Waals surface area (Å²) >= 11 is 1.58. The fourth-order valence-corrected chi connectivity index (χ4v) is 2.99. The number of hydrogen-bond donors (Lipinski definition) is 1. The van der Waals surface area contributed by atoms with Crippen LogP contribution in [-0.2, 0) is 4.79 Å². The maximum atomic E-state index is 12.1. The second-order valence-electron chi connectivity index (χ2n) is 4.69. The van der Waals surface area contributed by atoms with E-state index in [0.717, 1.165) is 16.5 Å². The summed E-state index contributed by atoms with van der Waals surface area (Å²) in [5.74, 6) is 0.578. The van der Waals surface area contributed by atoms with Gasteiger partial charge in [-0.25, -0.2) is 9.79 Å². The van der Waals surface area contributed by atoms with Crippen LogP contribution in [0.4, 0.5) is 4.79 Å². The third kappa shape index (κ3) is 2.47. The van der Waals surface area contributed by atoms with Crippen molar-refractivity contribution in [1.82, 2.24) is 15.1 Å². The van der Waals surface area contributed by atoms with Crippen molar-refractivity contribution in [3.8, 4) is 0 Å². The number of thioether (sulfide) groups is 1. The first-order chi connectivity index (χ1) is 8.95. The summed E-state index contributed by atoms with van der Waals surface area (Å²) in [7, 11) is 1.65. The van der Waals surface area contributed by atoms with Crippen LogP contribution in [0.3, 0.4) is 0 Å². The molecular weight excluding hydrogens is 264 g/mol. The number of aliphatic imine (C=N–C) groups is 1. The minimum Gasteiger partial charge on any atom is -0.332 e. The summed E-state index contributed by atoms with van der Waals surface area (Å²) < 4.78 is 0. The molecule has 0 spiro atoms. The fourth-order valence-electron chi connectivity index (χ4n) is 2.21. The van der Waals surface area contributed by atoms with Crippen molar-refractivity contribution in [2.24, 2.45) is 4.99 Å². The molecular formula is C12H18N4O2S. The Balaban J connectivity index is 2.31. The predicted molar refractivity (Wildman–Crippen MR) is 76.0 cm³/mol. The van der Waals surface area contributed by atoms with Gasteiger partial charge in [-0.15, -0.1) is 0 Å². The van der Waals surface area contributed by atoms with Crippen LogP contribution in [0.1, 0.15) is 13.8 Å². The van der Waals surface area contributed by atoms with Crippen LogP contribution in [0.2, 0.25) is 0 Å². The molecule has 2 rings (SSSR count). The third-order valence-electron chi connectivity index (χ3n) is 3.04. The molecule has 1 fully saturated rings. The Kier molecular flexibility index (Phi) is 3.84. The SMILES string of the molecule is C=C(C)CN1C(SCC)=NC2C1C(=O)NC(=O)N2C. The maximum Gasteiger partial charge on any atom is 0.325 e. The molecule has 0 aromatic heterocycles. The number of fused-ring (bicyclic) bond motifs is 1. The van der Waals surface area contributed by atoms with Crippen LogP contribution in [0, 0.1) is 0 Å². The number of nitrogens with zero attached hydrogens (tertiary/aromatic N) is 3. The second kappa shape index (κ2) is 5.24. The molecule has 0 aromatic carbocycles. The molecule has 0 aliphatic carbocycles. The highest BCUT2D eigenvalue weighted by molar-refractivity contribution is 8.13. The van der Waals surface area contributed by atoms with Crippen LogP contribution in [-0.4, -0.2) is 58.5 Å². The summed E-state index contributed by atoms with van der Waals surface area (Å²) in [6.45, 7) is 8.41. The highest BCUT2D eigenvalue weighted by atomic mass is 32.2. The molecule has 0 saturated carbocycles. The zero-order valence-electron chi connectivity index (χ0n) is 11.3. The number of hydrogen-bond acceptors (Lipinski definition) is 5.